The lowest BCUT2D eigenvalue weighted by molar-refractivity contribution is -0.907. The van der Waals surface area contributed by atoms with E-state index in [2.05, 4.69) is 50.0 Å². The molecule has 0 radical (unpaired) electrons. The Morgan fingerprint density at radius 1 is 0.885 bits per heavy atom. The average Bonchev–Trinajstić information content (AvgIpc) is 4.20. The van der Waals surface area contributed by atoms with Crippen molar-refractivity contribution >= 4 is 41.1 Å². The molecule has 1 aromatic carbocycles. The van der Waals surface area contributed by atoms with Crippen LogP contribution < -0.4 is 46.7 Å². The smallest absolute Gasteiger partial charge is 0.303 e. The van der Waals surface area contributed by atoms with Crippen LogP contribution in [0.2, 0.25) is 0 Å². The van der Waals surface area contributed by atoms with Gasteiger partial charge in [0.15, 0.2) is 0 Å². The van der Waals surface area contributed by atoms with Crippen molar-refractivity contribution in [2.45, 2.75) is 110 Å². The highest BCUT2D eigenvalue weighted by atomic mass is 16.5. The van der Waals surface area contributed by atoms with Crippen LogP contribution in [0.4, 0.5) is 11.5 Å². The first-order valence-corrected chi connectivity index (χ1v) is 27.9. The van der Waals surface area contributed by atoms with Gasteiger partial charge < -0.3 is 51.4 Å². The summed E-state index contributed by atoms with van der Waals surface area (Å²) in [5, 5.41) is 27.0. The maximum atomic E-state index is 15.1. The van der Waals surface area contributed by atoms with Crippen molar-refractivity contribution in [3.63, 3.8) is 0 Å². The normalized spacial score (nSPS) is 14.4. The Labute approximate surface area is 460 Å². The third kappa shape index (κ3) is 19.6. The first-order valence-electron chi connectivity index (χ1n) is 27.9. The number of aryl methyl sites for hydroxylation is 3. The Bertz CT molecular complexity index is 2560. The number of quaternary nitrogens is 1. The van der Waals surface area contributed by atoms with E-state index in [-0.39, 0.29) is 60.1 Å². The van der Waals surface area contributed by atoms with E-state index in [1.54, 1.807) is 18.2 Å². The second-order valence-electron chi connectivity index (χ2n) is 22.1. The maximum absolute atomic E-state index is 15.1. The molecule has 21 nitrogen and oxygen atoms in total. The zero-order valence-electron chi connectivity index (χ0n) is 46.7. The van der Waals surface area contributed by atoms with Crippen molar-refractivity contribution in [2.75, 3.05) is 103 Å². The summed E-state index contributed by atoms with van der Waals surface area (Å²) in [5.74, 6) is 1.20. The highest BCUT2D eigenvalue weighted by molar-refractivity contribution is 6.09. The molecule has 6 rings (SSSR count). The van der Waals surface area contributed by atoms with Gasteiger partial charge in [-0.05, 0) is 117 Å². The van der Waals surface area contributed by atoms with E-state index in [1.165, 1.54) is 0 Å². The summed E-state index contributed by atoms with van der Waals surface area (Å²) in [4.78, 5) is 77.6. The van der Waals surface area contributed by atoms with Crippen LogP contribution in [-0.2, 0) is 32.1 Å². The van der Waals surface area contributed by atoms with Crippen molar-refractivity contribution in [3.05, 3.63) is 83.4 Å². The van der Waals surface area contributed by atoms with E-state index in [9.17, 15) is 24.3 Å². The molecule has 1 aliphatic heterocycles. The number of amides is 4. The number of piperidine rings is 1. The van der Waals surface area contributed by atoms with Crippen molar-refractivity contribution in [2.24, 2.45) is 28.7 Å². The molecule has 426 valence electrons. The minimum Gasteiger partial charge on any atom is -0.497 e. The van der Waals surface area contributed by atoms with E-state index in [0.717, 1.165) is 54.7 Å². The fraction of sp³-hybridized carbons (Fsp3) is 0.596. The number of anilines is 2. The molecule has 2 aliphatic rings. The third-order valence-electron chi connectivity index (χ3n) is 15.0. The van der Waals surface area contributed by atoms with Gasteiger partial charge >= 0.3 is 5.97 Å². The number of unbranched alkanes of at least 4 members (excludes halogenated alkanes) is 1. The Hall–Kier alpha value is -6.71. The fourth-order valence-electron chi connectivity index (χ4n) is 9.99. The number of carboxylic acid groups (broad SMARTS) is 1. The first kappa shape index (κ1) is 60.5. The van der Waals surface area contributed by atoms with E-state index < -0.39 is 5.97 Å². The molecule has 0 spiro atoms. The van der Waals surface area contributed by atoms with Crippen LogP contribution in [0.3, 0.4) is 0 Å². The average molecular weight is 1080 g/mol. The van der Waals surface area contributed by atoms with Crippen molar-refractivity contribution < 1.29 is 43.0 Å². The number of pyridine rings is 2. The van der Waals surface area contributed by atoms with E-state index in [4.69, 9.17) is 25.9 Å². The van der Waals surface area contributed by atoms with Gasteiger partial charge in [-0.15, -0.1) is 5.10 Å². The molecule has 3 aromatic heterocycles. The summed E-state index contributed by atoms with van der Waals surface area (Å²) in [6.07, 6.45) is 11.3. The number of hydrogen-bond acceptors (Lipinski definition) is 14. The highest BCUT2D eigenvalue weighted by Crippen LogP contribution is 2.45. The minimum atomic E-state index is -0.793. The molecule has 1 saturated carbocycles. The molecular formula is C57H86N13O8+. The summed E-state index contributed by atoms with van der Waals surface area (Å²) in [7, 11) is 3.62. The van der Waals surface area contributed by atoms with Crippen LogP contribution >= 0.6 is 0 Å². The van der Waals surface area contributed by atoms with Gasteiger partial charge in [0, 0.05) is 89.0 Å². The molecule has 0 unspecified atom stereocenters. The Morgan fingerprint density at radius 3 is 2.23 bits per heavy atom. The third-order valence-corrected chi connectivity index (χ3v) is 15.0. The number of aliphatic carboxylic acids is 1. The number of likely N-dealkylation sites (N-methyl/N-ethyl adjacent to an activating group) is 1. The molecule has 0 bridgehead atoms. The molecule has 4 aromatic rings. The largest absolute Gasteiger partial charge is 0.497 e. The summed E-state index contributed by atoms with van der Waals surface area (Å²) in [5.41, 5.74) is 14.7. The Balaban J connectivity index is 0.993. The van der Waals surface area contributed by atoms with Gasteiger partial charge in [0.2, 0.25) is 23.6 Å². The molecule has 4 heterocycles. The zero-order chi connectivity index (χ0) is 56.1. The second kappa shape index (κ2) is 29.9. The summed E-state index contributed by atoms with van der Waals surface area (Å²) in [6.45, 7) is 12.6. The molecular weight excluding hydrogens is 995 g/mol. The number of nitrogens with one attached hydrogen (secondary N) is 3. The lowest BCUT2D eigenvalue weighted by atomic mass is 9.88. The zero-order valence-corrected chi connectivity index (χ0v) is 46.7. The molecule has 2 fully saturated rings. The maximum Gasteiger partial charge on any atom is 0.303 e. The summed E-state index contributed by atoms with van der Waals surface area (Å²) >= 11 is 0. The Kier molecular flexibility index (Phi) is 23.2. The van der Waals surface area contributed by atoms with Crippen LogP contribution in [0, 0.1) is 24.2 Å². The number of ether oxygens (including phenoxy) is 2. The molecule has 1 atom stereocenters. The van der Waals surface area contributed by atoms with Gasteiger partial charge in [0.1, 0.15) is 11.6 Å². The lowest BCUT2D eigenvalue weighted by Gasteiger charge is -2.36. The second-order valence-corrected chi connectivity index (χ2v) is 22.1. The number of nitrogens with two attached hydrogens (primary N) is 2. The van der Waals surface area contributed by atoms with Crippen LogP contribution in [0.25, 0.3) is 0 Å². The van der Waals surface area contributed by atoms with Crippen molar-refractivity contribution in [3.8, 4) is 11.6 Å². The first-order chi connectivity index (χ1) is 37.5. The highest BCUT2D eigenvalue weighted by Gasteiger charge is 2.35. The predicted molar refractivity (Wildman–Crippen MR) is 299 cm³/mol. The Morgan fingerprint density at radius 2 is 1.58 bits per heavy atom. The van der Waals surface area contributed by atoms with Crippen LogP contribution in [0.5, 0.6) is 11.6 Å². The van der Waals surface area contributed by atoms with E-state index in [0.29, 0.717) is 144 Å². The van der Waals surface area contributed by atoms with Crippen LogP contribution in [-0.4, -0.2) is 157 Å². The van der Waals surface area contributed by atoms with Crippen molar-refractivity contribution in [1.82, 2.24) is 40.9 Å². The number of aromatic nitrogens is 5. The SMILES string of the molecule is COc1ccc(C(=O)N(CC(C)(C)CCn2cc(CCCCC(=O)NCC[N+](C)(CCC(=O)NCCN)CCC(=O)NCCN)nn2)c2cccc(C)n2)c(N2CCC(COc3cc([C@@H](CC(=O)O)C4CC4)ccn3)CC2)c1. The number of carboxylic acids is 1. The number of carbonyl (C=O) groups excluding carboxylic acids is 4. The van der Waals surface area contributed by atoms with Gasteiger partial charge in [-0.1, -0.05) is 25.1 Å². The molecule has 4 amide bonds. The van der Waals surface area contributed by atoms with E-state index in [1.807, 2.05) is 73.4 Å². The molecule has 8 N–H and O–H groups in total. The number of methoxy groups -OCH3 is 1. The van der Waals surface area contributed by atoms with Crippen molar-refractivity contribution in [1.29, 1.82) is 0 Å². The quantitative estimate of drug-likeness (QED) is 0.0275. The number of benzene rings is 1. The van der Waals surface area contributed by atoms with Gasteiger partial charge in [-0.25, -0.2) is 9.97 Å². The monoisotopic (exact) mass is 1080 g/mol. The van der Waals surface area contributed by atoms with E-state index >= 15 is 4.79 Å². The molecule has 1 saturated heterocycles. The van der Waals surface area contributed by atoms with Gasteiger partial charge in [-0.3, -0.25) is 33.6 Å². The number of carbonyl (C=O) groups is 5. The number of rotatable bonds is 34. The topological polar surface area (TPSA) is 275 Å². The van der Waals surface area contributed by atoms with Gasteiger partial charge in [0.05, 0.1) is 83.2 Å². The van der Waals surface area contributed by atoms with Gasteiger partial charge in [0.25, 0.3) is 5.91 Å². The fourth-order valence-corrected chi connectivity index (χ4v) is 9.99. The number of hydrogen-bond donors (Lipinski definition) is 6. The summed E-state index contributed by atoms with van der Waals surface area (Å²) < 4.78 is 14.2. The summed E-state index contributed by atoms with van der Waals surface area (Å²) in [6, 6.07) is 15.2. The van der Waals surface area contributed by atoms with Crippen LogP contribution in [0.1, 0.15) is 118 Å². The molecule has 78 heavy (non-hydrogen) atoms. The number of nitrogens with zero attached hydrogens (tertiary/aromatic N) is 8. The minimum absolute atomic E-state index is 0.0299. The lowest BCUT2D eigenvalue weighted by Crippen LogP contribution is -2.52. The molecule has 1 aliphatic carbocycles. The van der Waals surface area contributed by atoms with Crippen LogP contribution in [0.15, 0.2) is 60.9 Å². The standard InChI is InChI=1S/C57H85N13O8/c1-41-9-8-11-50(64-41)69(56(76)47-16-15-46(77-5)36-49(47)67-29-18-42(19-30-67)39-78-54-35-44(17-25-63-54)48(37-55(74)75)43-13-14-43)40-57(2,3)22-31-68-38-45(65-66-68)10-6-7-12-51(71)62-28-34-70(4,32-20-52(72)60-26-23-58)33-21-53(73)61-27-24-59/h8-9,11,15-17,25,35-36,38,42-43,48H,6-7,10,12-14,18-24,26-34,37,39-40,58-59H2,1-5H3,(H3-,60,61,62,71,72,73,74,75)/p+1/t48-/m0/s1. The predicted octanol–water partition coefficient (Wildman–Crippen LogP) is 4.62. The molecule has 21 heteroatoms. The van der Waals surface area contributed by atoms with Gasteiger partial charge in [-0.2, -0.15) is 0 Å².